The van der Waals surface area contributed by atoms with Crippen LogP contribution in [0, 0.1) is 0 Å². The lowest BCUT2D eigenvalue weighted by molar-refractivity contribution is -0.173. The SMILES string of the molecule is CC(C)(NCCOCC(F)(F)F)C(N)=O. The van der Waals surface area contributed by atoms with Gasteiger partial charge in [0.15, 0.2) is 0 Å². The largest absolute Gasteiger partial charge is 0.411 e. The highest BCUT2D eigenvalue weighted by atomic mass is 19.4. The minimum atomic E-state index is -4.32. The molecule has 15 heavy (non-hydrogen) atoms. The molecule has 4 nitrogen and oxygen atoms in total. The van der Waals surface area contributed by atoms with E-state index in [9.17, 15) is 18.0 Å². The summed E-state index contributed by atoms with van der Waals surface area (Å²) in [6, 6.07) is 0. The number of carbonyl (C=O) groups excluding carboxylic acids is 1. The van der Waals surface area contributed by atoms with Crippen molar-refractivity contribution in [3.8, 4) is 0 Å². The van der Waals surface area contributed by atoms with Gasteiger partial charge in [-0.1, -0.05) is 0 Å². The van der Waals surface area contributed by atoms with Gasteiger partial charge in [0.25, 0.3) is 0 Å². The van der Waals surface area contributed by atoms with Crippen molar-refractivity contribution in [2.45, 2.75) is 25.6 Å². The molecule has 0 aliphatic carbocycles. The second-order valence-electron chi connectivity index (χ2n) is 3.58. The van der Waals surface area contributed by atoms with Crippen molar-refractivity contribution in [1.82, 2.24) is 5.32 Å². The zero-order chi connectivity index (χ0) is 12.1. The molecular weight excluding hydrogens is 213 g/mol. The van der Waals surface area contributed by atoms with E-state index in [1.54, 1.807) is 13.8 Å². The molecule has 0 aromatic heterocycles. The molecule has 0 aliphatic rings. The maximum absolute atomic E-state index is 11.6. The van der Waals surface area contributed by atoms with Crippen LogP contribution < -0.4 is 11.1 Å². The molecule has 0 radical (unpaired) electrons. The zero-order valence-electron chi connectivity index (χ0n) is 8.65. The fourth-order valence-corrected chi connectivity index (χ4v) is 0.711. The van der Waals surface area contributed by atoms with E-state index in [4.69, 9.17) is 5.73 Å². The summed E-state index contributed by atoms with van der Waals surface area (Å²) in [6.07, 6.45) is -4.32. The third kappa shape index (κ3) is 7.15. The molecule has 90 valence electrons. The van der Waals surface area contributed by atoms with Crippen LogP contribution in [0.4, 0.5) is 13.2 Å². The number of hydrogen-bond donors (Lipinski definition) is 2. The van der Waals surface area contributed by atoms with E-state index in [1.807, 2.05) is 0 Å². The van der Waals surface area contributed by atoms with E-state index < -0.39 is 24.2 Å². The predicted octanol–water partition coefficient (Wildman–Crippen LogP) is 0.419. The first kappa shape index (κ1) is 14.2. The number of hydrogen-bond acceptors (Lipinski definition) is 3. The summed E-state index contributed by atoms with van der Waals surface area (Å²) >= 11 is 0. The van der Waals surface area contributed by atoms with Crippen molar-refractivity contribution < 1.29 is 22.7 Å². The van der Waals surface area contributed by atoms with Crippen molar-refractivity contribution in [3.05, 3.63) is 0 Å². The number of alkyl halides is 3. The topological polar surface area (TPSA) is 64.3 Å². The lowest BCUT2D eigenvalue weighted by Gasteiger charge is -2.22. The number of primary amides is 1. The smallest absolute Gasteiger partial charge is 0.371 e. The van der Waals surface area contributed by atoms with Crippen LogP contribution in [0.1, 0.15) is 13.8 Å². The monoisotopic (exact) mass is 228 g/mol. The van der Waals surface area contributed by atoms with Crippen molar-refractivity contribution in [3.63, 3.8) is 0 Å². The van der Waals surface area contributed by atoms with Crippen LogP contribution in [-0.2, 0) is 9.53 Å². The fourth-order valence-electron chi connectivity index (χ4n) is 0.711. The molecule has 3 N–H and O–H groups in total. The van der Waals surface area contributed by atoms with E-state index in [0.717, 1.165) is 0 Å². The third-order valence-corrected chi connectivity index (χ3v) is 1.70. The maximum atomic E-state index is 11.6. The van der Waals surface area contributed by atoms with E-state index in [2.05, 4.69) is 10.1 Å². The minimum absolute atomic E-state index is 0.129. The quantitative estimate of drug-likeness (QED) is 0.647. The van der Waals surface area contributed by atoms with Gasteiger partial charge in [-0.15, -0.1) is 0 Å². The van der Waals surface area contributed by atoms with Gasteiger partial charge in [0.2, 0.25) is 5.91 Å². The van der Waals surface area contributed by atoms with E-state index >= 15 is 0 Å². The number of nitrogens with two attached hydrogens (primary N) is 1. The van der Waals surface area contributed by atoms with Crippen LogP contribution in [0.25, 0.3) is 0 Å². The molecule has 0 saturated carbocycles. The molecule has 0 bridgehead atoms. The van der Waals surface area contributed by atoms with Gasteiger partial charge in [0, 0.05) is 6.54 Å². The second kappa shape index (κ2) is 5.32. The highest BCUT2D eigenvalue weighted by Crippen LogP contribution is 2.14. The lowest BCUT2D eigenvalue weighted by Crippen LogP contribution is -2.51. The number of nitrogens with one attached hydrogen (secondary N) is 1. The van der Waals surface area contributed by atoms with Crippen LogP contribution in [0.3, 0.4) is 0 Å². The molecule has 0 saturated heterocycles. The maximum Gasteiger partial charge on any atom is 0.411 e. The van der Waals surface area contributed by atoms with Crippen LogP contribution in [0.2, 0.25) is 0 Å². The fraction of sp³-hybridized carbons (Fsp3) is 0.875. The van der Waals surface area contributed by atoms with Gasteiger partial charge >= 0.3 is 6.18 Å². The Morgan fingerprint density at radius 1 is 1.40 bits per heavy atom. The summed E-state index contributed by atoms with van der Waals surface area (Å²) in [5, 5.41) is 2.68. The van der Waals surface area contributed by atoms with Crippen molar-refractivity contribution in [2.75, 3.05) is 19.8 Å². The van der Waals surface area contributed by atoms with Gasteiger partial charge in [-0.3, -0.25) is 4.79 Å². The molecule has 1 amide bonds. The van der Waals surface area contributed by atoms with Gasteiger partial charge in [0.05, 0.1) is 12.1 Å². The summed E-state index contributed by atoms with van der Waals surface area (Å²) in [4.78, 5) is 10.8. The molecule has 0 spiro atoms. The Balaban J connectivity index is 3.60. The molecule has 7 heteroatoms. The molecule has 0 aromatic rings. The predicted molar refractivity (Wildman–Crippen MR) is 48.2 cm³/mol. The van der Waals surface area contributed by atoms with Crippen LogP contribution in [0.15, 0.2) is 0 Å². The van der Waals surface area contributed by atoms with Crippen LogP contribution >= 0.6 is 0 Å². The minimum Gasteiger partial charge on any atom is -0.371 e. The first-order valence-corrected chi connectivity index (χ1v) is 4.34. The average Bonchev–Trinajstić information content (AvgIpc) is 2.00. The Bertz CT molecular complexity index is 216. The Hall–Kier alpha value is -0.820. The van der Waals surface area contributed by atoms with Crippen LogP contribution in [-0.4, -0.2) is 37.4 Å². The Morgan fingerprint density at radius 3 is 2.33 bits per heavy atom. The Labute approximate surface area is 86.0 Å². The summed E-state index contributed by atoms with van der Waals surface area (Å²) < 4.78 is 39.2. The third-order valence-electron chi connectivity index (χ3n) is 1.70. The molecule has 0 heterocycles. The number of amides is 1. The second-order valence-corrected chi connectivity index (χ2v) is 3.58. The standard InChI is InChI=1S/C8H15F3N2O2/c1-7(2,6(12)14)13-3-4-15-5-8(9,10)11/h13H,3-5H2,1-2H3,(H2,12,14). The lowest BCUT2D eigenvalue weighted by atomic mass is 10.1. The normalized spacial score (nSPS) is 12.9. The summed E-state index contributed by atoms with van der Waals surface area (Å²) in [5.74, 6) is -0.571. The number of halogens is 3. The zero-order valence-corrected chi connectivity index (χ0v) is 8.65. The first-order chi connectivity index (χ1) is 6.65. The van der Waals surface area contributed by atoms with Crippen molar-refractivity contribution in [1.29, 1.82) is 0 Å². The van der Waals surface area contributed by atoms with Gasteiger partial charge in [-0.05, 0) is 13.8 Å². The highest BCUT2D eigenvalue weighted by Gasteiger charge is 2.27. The van der Waals surface area contributed by atoms with E-state index in [0.29, 0.717) is 0 Å². The average molecular weight is 228 g/mol. The number of rotatable bonds is 6. The molecule has 0 fully saturated rings. The molecule has 0 aromatic carbocycles. The number of ether oxygens (including phenoxy) is 1. The first-order valence-electron chi connectivity index (χ1n) is 4.34. The molecule has 0 unspecified atom stereocenters. The summed E-state index contributed by atoms with van der Waals surface area (Å²) in [6.45, 7) is 1.80. The van der Waals surface area contributed by atoms with Gasteiger partial charge in [0.1, 0.15) is 6.61 Å². The highest BCUT2D eigenvalue weighted by molar-refractivity contribution is 5.83. The van der Waals surface area contributed by atoms with E-state index in [-0.39, 0.29) is 13.2 Å². The van der Waals surface area contributed by atoms with Crippen LogP contribution in [0.5, 0.6) is 0 Å². The number of carbonyl (C=O) groups is 1. The Kier molecular flexibility index (Phi) is 5.02. The molecule has 0 aliphatic heterocycles. The molecular formula is C8H15F3N2O2. The summed E-state index contributed by atoms with van der Waals surface area (Å²) in [5.41, 5.74) is 4.09. The van der Waals surface area contributed by atoms with Crippen molar-refractivity contribution >= 4 is 5.91 Å². The van der Waals surface area contributed by atoms with E-state index in [1.165, 1.54) is 0 Å². The molecule has 0 rings (SSSR count). The van der Waals surface area contributed by atoms with Crippen molar-refractivity contribution in [2.24, 2.45) is 5.73 Å². The van der Waals surface area contributed by atoms with Gasteiger partial charge in [-0.25, -0.2) is 0 Å². The molecule has 0 atom stereocenters. The van der Waals surface area contributed by atoms with Gasteiger partial charge in [-0.2, -0.15) is 13.2 Å². The summed E-state index contributed by atoms with van der Waals surface area (Å²) in [7, 11) is 0. The Morgan fingerprint density at radius 2 is 1.93 bits per heavy atom. The van der Waals surface area contributed by atoms with Gasteiger partial charge < -0.3 is 15.8 Å².